The first-order valence-electron chi connectivity index (χ1n) is 6.82. The molecule has 0 bridgehead atoms. The summed E-state index contributed by atoms with van der Waals surface area (Å²) in [5.41, 5.74) is -0.542. The Bertz CT molecular complexity index is 368. The quantitative estimate of drug-likeness (QED) is 0.804. The number of likely N-dealkylation sites (N-methyl/N-ethyl adjacent to an activating group) is 1. The molecule has 1 aliphatic carbocycles. The largest absolute Gasteiger partial charge is 0.481 e. The van der Waals surface area contributed by atoms with Gasteiger partial charge in [0.2, 0.25) is 0 Å². The number of rotatable bonds is 4. The summed E-state index contributed by atoms with van der Waals surface area (Å²) < 4.78 is 5.46. The Morgan fingerprint density at radius 1 is 1.47 bits per heavy atom. The number of carboxylic acids is 1. The van der Waals surface area contributed by atoms with Gasteiger partial charge in [0.1, 0.15) is 0 Å². The normalized spacial score (nSPS) is 28.5. The number of ether oxygens (including phenoxy) is 1. The van der Waals surface area contributed by atoms with Crippen molar-refractivity contribution in [2.45, 2.75) is 56.7 Å². The van der Waals surface area contributed by atoms with Crippen molar-refractivity contribution in [3.8, 4) is 0 Å². The third-order valence-electron chi connectivity index (χ3n) is 4.33. The Morgan fingerprint density at radius 2 is 2.16 bits per heavy atom. The molecule has 0 radical (unpaired) electrons. The molecule has 2 N–H and O–H groups in total. The standard InChI is InChI=1S/C13H22N2O4/c1-9-10(4-7-19-9)15(2)12(18)14-13(5-3-6-13)8-11(16)17/h9-10H,3-8H2,1-2H3,(H,14,18)(H,16,17). The lowest BCUT2D eigenvalue weighted by atomic mass is 9.74. The van der Waals surface area contributed by atoms with Gasteiger partial charge in [-0.2, -0.15) is 0 Å². The molecule has 1 aliphatic heterocycles. The summed E-state index contributed by atoms with van der Waals surface area (Å²) in [4.78, 5) is 24.8. The fourth-order valence-electron chi connectivity index (χ4n) is 2.93. The van der Waals surface area contributed by atoms with Crippen LogP contribution in [-0.4, -0.2) is 53.3 Å². The molecule has 1 heterocycles. The van der Waals surface area contributed by atoms with Crippen LogP contribution in [0.15, 0.2) is 0 Å². The lowest BCUT2D eigenvalue weighted by Crippen LogP contribution is -2.59. The van der Waals surface area contributed by atoms with Crippen LogP contribution in [0.1, 0.15) is 39.0 Å². The zero-order chi connectivity index (χ0) is 14.0. The van der Waals surface area contributed by atoms with Crippen molar-refractivity contribution in [2.24, 2.45) is 0 Å². The van der Waals surface area contributed by atoms with Gasteiger partial charge in [0.25, 0.3) is 0 Å². The van der Waals surface area contributed by atoms with E-state index in [1.807, 2.05) is 6.92 Å². The Morgan fingerprint density at radius 3 is 2.58 bits per heavy atom. The average Bonchev–Trinajstić information content (AvgIpc) is 2.70. The van der Waals surface area contributed by atoms with Gasteiger partial charge < -0.3 is 20.1 Å². The first-order chi connectivity index (χ1) is 8.93. The van der Waals surface area contributed by atoms with Gasteiger partial charge in [0.05, 0.1) is 24.1 Å². The molecule has 1 saturated heterocycles. The SMILES string of the molecule is CC1OCCC1N(C)C(=O)NC1(CC(=O)O)CCC1. The first kappa shape index (κ1) is 14.1. The van der Waals surface area contributed by atoms with Gasteiger partial charge >= 0.3 is 12.0 Å². The minimum absolute atomic E-state index is 0.00327. The summed E-state index contributed by atoms with van der Waals surface area (Å²) >= 11 is 0. The number of urea groups is 1. The van der Waals surface area contributed by atoms with Crippen LogP contribution in [0.3, 0.4) is 0 Å². The van der Waals surface area contributed by atoms with Gasteiger partial charge in [-0.15, -0.1) is 0 Å². The zero-order valence-electron chi connectivity index (χ0n) is 11.5. The summed E-state index contributed by atoms with van der Waals surface area (Å²) in [5.74, 6) is -0.861. The van der Waals surface area contributed by atoms with Crippen LogP contribution < -0.4 is 5.32 Å². The Kier molecular flexibility index (Phi) is 3.99. The van der Waals surface area contributed by atoms with Gasteiger partial charge in [0.15, 0.2) is 0 Å². The van der Waals surface area contributed by atoms with E-state index in [1.54, 1.807) is 11.9 Å². The van der Waals surface area contributed by atoms with Gasteiger partial charge in [-0.05, 0) is 32.6 Å². The van der Waals surface area contributed by atoms with E-state index < -0.39 is 11.5 Å². The number of carbonyl (C=O) groups excluding carboxylic acids is 1. The fourth-order valence-corrected chi connectivity index (χ4v) is 2.93. The number of nitrogens with zero attached hydrogens (tertiary/aromatic N) is 1. The van der Waals surface area contributed by atoms with E-state index in [1.165, 1.54) is 0 Å². The summed E-state index contributed by atoms with van der Waals surface area (Å²) in [7, 11) is 1.75. The molecule has 0 spiro atoms. The van der Waals surface area contributed by atoms with Gasteiger partial charge in [-0.3, -0.25) is 4.79 Å². The summed E-state index contributed by atoms with van der Waals surface area (Å²) in [6.07, 6.45) is 3.33. The number of hydrogen-bond acceptors (Lipinski definition) is 3. The van der Waals surface area contributed by atoms with Crippen molar-refractivity contribution in [1.82, 2.24) is 10.2 Å². The van der Waals surface area contributed by atoms with Crippen LogP contribution >= 0.6 is 0 Å². The summed E-state index contributed by atoms with van der Waals surface area (Å²) in [5, 5.41) is 11.8. The Hall–Kier alpha value is -1.30. The molecule has 2 atom stereocenters. The van der Waals surface area contributed by atoms with Gasteiger partial charge in [-0.1, -0.05) is 0 Å². The molecular weight excluding hydrogens is 248 g/mol. The highest BCUT2D eigenvalue weighted by molar-refractivity contribution is 5.77. The van der Waals surface area contributed by atoms with Gasteiger partial charge in [0, 0.05) is 13.7 Å². The highest BCUT2D eigenvalue weighted by atomic mass is 16.5. The van der Waals surface area contributed by atoms with E-state index in [0.29, 0.717) is 6.61 Å². The second-order valence-corrected chi connectivity index (χ2v) is 5.68. The van der Waals surface area contributed by atoms with E-state index in [4.69, 9.17) is 9.84 Å². The molecule has 2 unspecified atom stereocenters. The van der Waals surface area contributed by atoms with Crippen LogP contribution in [0.25, 0.3) is 0 Å². The van der Waals surface area contributed by atoms with E-state index >= 15 is 0 Å². The van der Waals surface area contributed by atoms with Crippen molar-refractivity contribution in [1.29, 1.82) is 0 Å². The minimum Gasteiger partial charge on any atom is -0.481 e. The lowest BCUT2D eigenvalue weighted by Gasteiger charge is -2.43. The molecule has 6 heteroatoms. The molecule has 6 nitrogen and oxygen atoms in total. The van der Waals surface area contributed by atoms with Crippen molar-refractivity contribution in [3.63, 3.8) is 0 Å². The average molecular weight is 270 g/mol. The number of aliphatic carboxylic acids is 1. The van der Waals surface area contributed by atoms with Crippen LogP contribution in [0.2, 0.25) is 0 Å². The van der Waals surface area contributed by atoms with Crippen LogP contribution in [0.4, 0.5) is 4.79 Å². The van der Waals surface area contributed by atoms with Crippen molar-refractivity contribution < 1.29 is 19.4 Å². The van der Waals surface area contributed by atoms with Crippen LogP contribution in [-0.2, 0) is 9.53 Å². The number of hydrogen-bond donors (Lipinski definition) is 2. The molecule has 0 aromatic carbocycles. The van der Waals surface area contributed by atoms with Gasteiger partial charge in [-0.25, -0.2) is 4.79 Å². The Balaban J connectivity index is 1.94. The fraction of sp³-hybridized carbons (Fsp3) is 0.846. The van der Waals surface area contributed by atoms with Crippen molar-refractivity contribution >= 4 is 12.0 Å². The second-order valence-electron chi connectivity index (χ2n) is 5.68. The predicted molar refractivity (Wildman–Crippen MR) is 68.9 cm³/mol. The number of amides is 2. The highest BCUT2D eigenvalue weighted by Crippen LogP contribution is 2.35. The third kappa shape index (κ3) is 3.00. The van der Waals surface area contributed by atoms with E-state index in [-0.39, 0.29) is 24.6 Å². The molecule has 2 rings (SSSR count). The molecule has 2 fully saturated rings. The number of carboxylic acid groups (broad SMARTS) is 1. The summed E-state index contributed by atoms with van der Waals surface area (Å²) in [6.45, 7) is 2.63. The minimum atomic E-state index is -0.861. The van der Waals surface area contributed by atoms with Crippen molar-refractivity contribution in [2.75, 3.05) is 13.7 Å². The molecule has 1 saturated carbocycles. The maximum Gasteiger partial charge on any atom is 0.317 e. The van der Waals surface area contributed by atoms with Crippen LogP contribution in [0, 0.1) is 0 Å². The predicted octanol–water partition coefficient (Wildman–Crippen LogP) is 1.20. The maximum atomic E-state index is 12.2. The molecule has 19 heavy (non-hydrogen) atoms. The first-order valence-corrected chi connectivity index (χ1v) is 6.82. The van der Waals surface area contributed by atoms with E-state index in [9.17, 15) is 9.59 Å². The third-order valence-corrected chi connectivity index (χ3v) is 4.33. The molecule has 108 valence electrons. The number of carbonyl (C=O) groups is 2. The van der Waals surface area contributed by atoms with Crippen molar-refractivity contribution in [3.05, 3.63) is 0 Å². The molecular formula is C13H22N2O4. The number of nitrogens with one attached hydrogen (secondary N) is 1. The molecule has 2 aliphatic rings. The Labute approximate surface area is 113 Å². The van der Waals surface area contributed by atoms with E-state index in [0.717, 1.165) is 25.7 Å². The topological polar surface area (TPSA) is 78.9 Å². The molecule has 0 aromatic rings. The van der Waals surface area contributed by atoms with Crippen LogP contribution in [0.5, 0.6) is 0 Å². The smallest absolute Gasteiger partial charge is 0.317 e. The maximum absolute atomic E-state index is 12.2. The van der Waals surface area contributed by atoms with E-state index in [2.05, 4.69) is 5.32 Å². The monoisotopic (exact) mass is 270 g/mol. The molecule has 2 amide bonds. The zero-order valence-corrected chi connectivity index (χ0v) is 11.5. The molecule has 0 aromatic heterocycles. The highest BCUT2D eigenvalue weighted by Gasteiger charge is 2.42. The lowest BCUT2D eigenvalue weighted by molar-refractivity contribution is -0.139. The second kappa shape index (κ2) is 5.36. The summed E-state index contributed by atoms with van der Waals surface area (Å²) in [6, 6.07) is -0.120.